The Bertz CT molecular complexity index is 954. The molecule has 0 aliphatic carbocycles. The molecule has 4 aromatic rings. The number of hydrogen-bond donors (Lipinski definition) is 0. The predicted molar refractivity (Wildman–Crippen MR) is 95.4 cm³/mol. The second kappa shape index (κ2) is 5.90. The number of nitrogens with zero attached hydrogens (tertiary/aromatic N) is 1. The number of ether oxygens (including phenoxy) is 1. The second-order valence-electron chi connectivity index (χ2n) is 5.93. The van der Waals surface area contributed by atoms with E-state index in [2.05, 4.69) is 66.1 Å². The summed E-state index contributed by atoms with van der Waals surface area (Å²) < 4.78 is 8.23. The Balaban J connectivity index is 1.70. The molecule has 0 saturated heterocycles. The summed E-state index contributed by atoms with van der Waals surface area (Å²) >= 11 is 0. The number of aromatic nitrogens is 1. The van der Waals surface area contributed by atoms with Crippen LogP contribution in [0, 0.1) is 6.92 Å². The summed E-state index contributed by atoms with van der Waals surface area (Å²) in [7, 11) is 0. The minimum absolute atomic E-state index is 0.558. The van der Waals surface area contributed by atoms with Gasteiger partial charge in [0.25, 0.3) is 0 Å². The van der Waals surface area contributed by atoms with E-state index in [0.717, 1.165) is 0 Å². The smallest absolute Gasteiger partial charge is 0.123 e. The van der Waals surface area contributed by atoms with Gasteiger partial charge in [0, 0.05) is 10.8 Å². The lowest BCUT2D eigenvalue weighted by Gasteiger charge is -2.09. The molecule has 0 aliphatic heterocycles. The minimum Gasteiger partial charge on any atom is -0.356 e. The highest BCUT2D eigenvalue weighted by Gasteiger charge is 2.10. The molecule has 114 valence electrons. The Morgan fingerprint density at radius 1 is 0.783 bits per heavy atom. The molecule has 0 amide bonds. The van der Waals surface area contributed by atoms with Gasteiger partial charge in [0.05, 0.1) is 17.6 Å². The molecule has 2 nitrogen and oxygen atoms in total. The third-order valence-electron chi connectivity index (χ3n) is 4.26. The SMILES string of the molecule is Cc1ccc2c(c1)c1ccccc1n2COCc1ccccc1. The van der Waals surface area contributed by atoms with Crippen molar-refractivity contribution in [1.29, 1.82) is 0 Å². The topological polar surface area (TPSA) is 14.2 Å². The fourth-order valence-electron chi connectivity index (χ4n) is 3.14. The molecule has 2 heteroatoms. The number of aryl methyl sites for hydroxylation is 1. The quantitative estimate of drug-likeness (QED) is 0.500. The average Bonchev–Trinajstić information content (AvgIpc) is 2.90. The highest BCUT2D eigenvalue weighted by atomic mass is 16.5. The van der Waals surface area contributed by atoms with Crippen molar-refractivity contribution in [1.82, 2.24) is 4.57 Å². The van der Waals surface area contributed by atoms with Crippen LogP contribution in [0.5, 0.6) is 0 Å². The van der Waals surface area contributed by atoms with Crippen LogP contribution in [-0.4, -0.2) is 4.57 Å². The first-order chi connectivity index (χ1) is 11.3. The molecule has 0 saturated carbocycles. The summed E-state index contributed by atoms with van der Waals surface area (Å²) in [6.45, 7) is 3.32. The van der Waals surface area contributed by atoms with E-state index in [-0.39, 0.29) is 0 Å². The van der Waals surface area contributed by atoms with Gasteiger partial charge in [-0.05, 0) is 30.7 Å². The number of fused-ring (bicyclic) bond motifs is 3. The van der Waals surface area contributed by atoms with E-state index >= 15 is 0 Å². The van der Waals surface area contributed by atoms with E-state index in [4.69, 9.17) is 4.74 Å². The fourth-order valence-corrected chi connectivity index (χ4v) is 3.14. The maximum atomic E-state index is 5.97. The Kier molecular flexibility index (Phi) is 3.60. The Labute approximate surface area is 135 Å². The first-order valence-corrected chi connectivity index (χ1v) is 7.92. The van der Waals surface area contributed by atoms with E-state index in [1.165, 1.54) is 32.9 Å². The zero-order valence-electron chi connectivity index (χ0n) is 13.2. The van der Waals surface area contributed by atoms with E-state index in [0.29, 0.717) is 13.3 Å². The molecule has 0 radical (unpaired) electrons. The third-order valence-corrected chi connectivity index (χ3v) is 4.26. The summed E-state index contributed by atoms with van der Waals surface area (Å²) in [5.41, 5.74) is 4.93. The molecule has 1 heterocycles. The lowest BCUT2D eigenvalue weighted by atomic mass is 10.1. The lowest BCUT2D eigenvalue weighted by molar-refractivity contribution is 0.0692. The van der Waals surface area contributed by atoms with Crippen molar-refractivity contribution in [2.75, 3.05) is 0 Å². The molecular weight excluding hydrogens is 282 g/mol. The summed E-state index contributed by atoms with van der Waals surface area (Å²) in [5, 5.41) is 2.58. The third kappa shape index (κ3) is 2.62. The van der Waals surface area contributed by atoms with E-state index in [1.54, 1.807) is 0 Å². The van der Waals surface area contributed by atoms with E-state index in [1.807, 2.05) is 18.2 Å². The van der Waals surface area contributed by atoms with Crippen LogP contribution in [0.25, 0.3) is 21.8 Å². The molecule has 0 fully saturated rings. The van der Waals surface area contributed by atoms with Gasteiger partial charge in [0.2, 0.25) is 0 Å². The van der Waals surface area contributed by atoms with Crippen LogP contribution in [0.3, 0.4) is 0 Å². The summed E-state index contributed by atoms with van der Waals surface area (Å²) in [6.07, 6.45) is 0. The second-order valence-corrected chi connectivity index (χ2v) is 5.93. The van der Waals surface area contributed by atoms with E-state index < -0.39 is 0 Å². The van der Waals surface area contributed by atoms with Crippen LogP contribution >= 0.6 is 0 Å². The fraction of sp³-hybridized carbons (Fsp3) is 0.143. The molecule has 4 rings (SSSR count). The van der Waals surface area contributed by atoms with Gasteiger partial charge in [0.15, 0.2) is 0 Å². The van der Waals surface area contributed by atoms with Crippen molar-refractivity contribution in [2.45, 2.75) is 20.3 Å². The van der Waals surface area contributed by atoms with Gasteiger partial charge in [-0.25, -0.2) is 0 Å². The summed E-state index contributed by atoms with van der Waals surface area (Å²) in [4.78, 5) is 0. The predicted octanol–water partition coefficient (Wildman–Crippen LogP) is 5.28. The van der Waals surface area contributed by atoms with Gasteiger partial charge in [0.1, 0.15) is 6.73 Å². The van der Waals surface area contributed by atoms with Crippen molar-refractivity contribution in [3.63, 3.8) is 0 Å². The number of hydrogen-bond acceptors (Lipinski definition) is 1. The van der Waals surface area contributed by atoms with Crippen LogP contribution < -0.4 is 0 Å². The molecule has 0 atom stereocenters. The molecule has 0 N–H and O–H groups in total. The average molecular weight is 301 g/mol. The van der Waals surface area contributed by atoms with E-state index in [9.17, 15) is 0 Å². The molecule has 0 spiro atoms. The molecule has 0 aliphatic rings. The Hall–Kier alpha value is -2.58. The Morgan fingerprint density at radius 3 is 2.39 bits per heavy atom. The van der Waals surface area contributed by atoms with Crippen molar-refractivity contribution in [3.8, 4) is 0 Å². The van der Waals surface area contributed by atoms with Crippen molar-refractivity contribution in [3.05, 3.63) is 83.9 Å². The minimum atomic E-state index is 0.558. The van der Waals surface area contributed by atoms with Gasteiger partial charge in [-0.15, -0.1) is 0 Å². The first-order valence-electron chi connectivity index (χ1n) is 7.92. The monoisotopic (exact) mass is 301 g/mol. The van der Waals surface area contributed by atoms with Crippen LogP contribution in [0.1, 0.15) is 11.1 Å². The normalized spacial score (nSPS) is 11.3. The van der Waals surface area contributed by atoms with Crippen LogP contribution in [0.4, 0.5) is 0 Å². The first kappa shape index (κ1) is 14.0. The van der Waals surface area contributed by atoms with Gasteiger partial charge in [-0.3, -0.25) is 0 Å². The van der Waals surface area contributed by atoms with Crippen LogP contribution in [0.15, 0.2) is 72.8 Å². The Morgan fingerprint density at radius 2 is 1.52 bits per heavy atom. The zero-order chi connectivity index (χ0) is 15.6. The maximum absolute atomic E-state index is 5.97. The summed E-state index contributed by atoms with van der Waals surface area (Å²) in [6, 6.07) is 25.4. The van der Waals surface area contributed by atoms with Gasteiger partial charge < -0.3 is 9.30 Å². The number of rotatable bonds is 4. The van der Waals surface area contributed by atoms with Crippen molar-refractivity contribution < 1.29 is 4.74 Å². The van der Waals surface area contributed by atoms with Gasteiger partial charge >= 0.3 is 0 Å². The molecule has 3 aromatic carbocycles. The van der Waals surface area contributed by atoms with Gasteiger partial charge in [-0.2, -0.15) is 0 Å². The highest BCUT2D eigenvalue weighted by molar-refractivity contribution is 6.08. The van der Waals surface area contributed by atoms with Crippen molar-refractivity contribution in [2.24, 2.45) is 0 Å². The molecule has 1 aromatic heterocycles. The van der Waals surface area contributed by atoms with Crippen molar-refractivity contribution >= 4 is 21.8 Å². The van der Waals surface area contributed by atoms with Gasteiger partial charge in [-0.1, -0.05) is 60.2 Å². The zero-order valence-corrected chi connectivity index (χ0v) is 13.2. The molecule has 0 bridgehead atoms. The number of benzene rings is 3. The molecular formula is C21H19NO. The highest BCUT2D eigenvalue weighted by Crippen LogP contribution is 2.29. The van der Waals surface area contributed by atoms with Crippen LogP contribution in [-0.2, 0) is 18.1 Å². The standard InChI is InChI=1S/C21H19NO/c1-16-11-12-21-19(13-16)18-9-5-6-10-20(18)22(21)15-23-14-17-7-3-2-4-8-17/h2-13H,14-15H2,1H3. The molecule has 23 heavy (non-hydrogen) atoms. The molecule has 0 unspecified atom stereocenters. The lowest BCUT2D eigenvalue weighted by Crippen LogP contribution is -2.02. The van der Waals surface area contributed by atoms with Crippen LogP contribution in [0.2, 0.25) is 0 Å². The number of para-hydroxylation sites is 1. The maximum Gasteiger partial charge on any atom is 0.123 e. The summed E-state index contributed by atoms with van der Waals surface area (Å²) in [5.74, 6) is 0. The largest absolute Gasteiger partial charge is 0.356 e.